The lowest BCUT2D eigenvalue weighted by atomic mass is 9.86. The van der Waals surface area contributed by atoms with E-state index in [1.165, 1.54) is 5.69 Å². The Hall–Kier alpha value is -1.91. The van der Waals surface area contributed by atoms with Gasteiger partial charge in [0.2, 0.25) is 0 Å². The van der Waals surface area contributed by atoms with Crippen molar-refractivity contribution in [3.8, 4) is 0 Å². The molecule has 134 valence electrons. The van der Waals surface area contributed by atoms with Gasteiger partial charge in [0.15, 0.2) is 5.78 Å². The first-order valence-corrected chi connectivity index (χ1v) is 9.97. The highest BCUT2D eigenvalue weighted by Gasteiger charge is 2.22. The average Bonchev–Trinajstić information content (AvgIpc) is 2.66. The van der Waals surface area contributed by atoms with E-state index in [1.54, 1.807) is 0 Å². The molecular weight excluding hydrogens is 388 g/mol. The predicted molar refractivity (Wildman–Crippen MR) is 111 cm³/mol. The number of Topliss-reactive ketones (excluding diaryl/α,β-unsaturated/α-hetero) is 1. The first kappa shape index (κ1) is 17.5. The lowest BCUT2D eigenvalue weighted by Gasteiger charge is -2.34. The number of piperazine rings is 1. The van der Waals surface area contributed by atoms with Gasteiger partial charge in [-0.3, -0.25) is 4.79 Å². The van der Waals surface area contributed by atoms with Gasteiger partial charge in [-0.2, -0.15) is 0 Å². The second-order valence-electron chi connectivity index (χ2n) is 7.18. The van der Waals surface area contributed by atoms with Crippen LogP contribution in [0.2, 0.25) is 0 Å². The molecule has 1 fully saturated rings. The van der Waals surface area contributed by atoms with Crippen LogP contribution in [0.5, 0.6) is 0 Å². The van der Waals surface area contributed by atoms with Gasteiger partial charge in [0.05, 0.1) is 0 Å². The molecule has 1 heterocycles. The minimum absolute atomic E-state index is 0.163. The number of fused-ring (bicyclic) bond motifs is 1. The second kappa shape index (κ2) is 7.37. The van der Waals surface area contributed by atoms with Crippen molar-refractivity contribution in [2.24, 2.45) is 0 Å². The van der Waals surface area contributed by atoms with E-state index in [4.69, 9.17) is 0 Å². The third kappa shape index (κ3) is 3.62. The maximum absolute atomic E-state index is 12.8. The van der Waals surface area contributed by atoms with Crippen molar-refractivity contribution >= 4 is 33.5 Å². The molecule has 0 bridgehead atoms. The number of hydrogen-bond acceptors (Lipinski definition) is 3. The molecule has 1 saturated heterocycles. The van der Waals surface area contributed by atoms with E-state index in [9.17, 15) is 4.79 Å². The molecule has 2 aliphatic rings. The number of hydrogen-bond donors (Lipinski definition) is 0. The molecule has 2 aromatic carbocycles. The summed E-state index contributed by atoms with van der Waals surface area (Å²) in [6.45, 7) is 4.35. The summed E-state index contributed by atoms with van der Waals surface area (Å²) in [6.07, 6.45) is 3.80. The van der Waals surface area contributed by atoms with Crippen LogP contribution in [0.1, 0.15) is 27.9 Å². The fraction of sp³-hybridized carbons (Fsp3) is 0.318. The maximum Gasteiger partial charge on any atom is 0.189 e. The molecule has 4 rings (SSSR count). The molecule has 0 unspecified atom stereocenters. The number of halogens is 1. The summed E-state index contributed by atoms with van der Waals surface area (Å²) in [4.78, 5) is 17.6. The number of rotatable bonds is 2. The lowest BCUT2D eigenvalue weighted by Crippen LogP contribution is -2.44. The van der Waals surface area contributed by atoms with E-state index in [0.29, 0.717) is 0 Å². The van der Waals surface area contributed by atoms with E-state index in [0.717, 1.165) is 65.8 Å². The SMILES string of the molecule is CN1CCN(c2ccc(/C=C3\CCc4ccc(Br)cc4C3=O)cc2)CC1. The smallest absolute Gasteiger partial charge is 0.189 e. The topological polar surface area (TPSA) is 23.6 Å². The number of benzene rings is 2. The van der Waals surface area contributed by atoms with E-state index < -0.39 is 0 Å². The Kier molecular flexibility index (Phi) is 4.96. The van der Waals surface area contributed by atoms with Crippen LogP contribution >= 0.6 is 15.9 Å². The largest absolute Gasteiger partial charge is 0.369 e. The van der Waals surface area contributed by atoms with Gasteiger partial charge in [-0.15, -0.1) is 0 Å². The quantitative estimate of drug-likeness (QED) is 0.684. The van der Waals surface area contributed by atoms with Crippen molar-refractivity contribution in [1.29, 1.82) is 0 Å². The molecule has 1 aliphatic heterocycles. The van der Waals surface area contributed by atoms with E-state index in [1.807, 2.05) is 12.1 Å². The van der Waals surface area contributed by atoms with Crippen molar-refractivity contribution < 1.29 is 4.79 Å². The molecule has 0 N–H and O–H groups in total. The van der Waals surface area contributed by atoms with E-state index >= 15 is 0 Å². The Balaban J connectivity index is 1.52. The van der Waals surface area contributed by atoms with Crippen LogP contribution in [0.15, 0.2) is 52.5 Å². The second-order valence-corrected chi connectivity index (χ2v) is 8.10. The number of likely N-dealkylation sites (N-methyl/N-ethyl adjacent to an activating group) is 1. The summed E-state index contributed by atoms with van der Waals surface area (Å²) < 4.78 is 0.961. The number of allylic oxidation sites excluding steroid dienone is 1. The van der Waals surface area contributed by atoms with Crippen LogP contribution in [0.25, 0.3) is 6.08 Å². The van der Waals surface area contributed by atoms with Crippen molar-refractivity contribution in [2.45, 2.75) is 12.8 Å². The maximum atomic E-state index is 12.8. The zero-order valence-corrected chi connectivity index (χ0v) is 16.6. The molecule has 2 aromatic rings. The molecule has 1 aliphatic carbocycles. The monoisotopic (exact) mass is 410 g/mol. The molecule has 4 heteroatoms. The minimum atomic E-state index is 0.163. The molecule has 26 heavy (non-hydrogen) atoms. The van der Waals surface area contributed by atoms with Gasteiger partial charge in [-0.05, 0) is 61.4 Å². The van der Waals surface area contributed by atoms with Crippen molar-refractivity contribution in [3.05, 3.63) is 69.2 Å². The molecular formula is C22H23BrN2O. The van der Waals surface area contributed by atoms with Crippen molar-refractivity contribution in [1.82, 2.24) is 4.90 Å². The molecule has 3 nitrogen and oxygen atoms in total. The Labute approximate surface area is 163 Å². The van der Waals surface area contributed by atoms with Crippen LogP contribution in [0.3, 0.4) is 0 Å². The summed E-state index contributed by atoms with van der Waals surface area (Å²) >= 11 is 3.47. The normalized spacial score (nSPS) is 19.7. The average molecular weight is 411 g/mol. The van der Waals surface area contributed by atoms with Crippen molar-refractivity contribution in [2.75, 3.05) is 38.1 Å². The fourth-order valence-electron chi connectivity index (χ4n) is 3.72. The first-order chi connectivity index (χ1) is 12.6. The van der Waals surface area contributed by atoms with Gasteiger partial charge in [-0.25, -0.2) is 0 Å². The summed E-state index contributed by atoms with van der Waals surface area (Å²) in [5.41, 5.74) is 5.27. The van der Waals surface area contributed by atoms with Crippen molar-refractivity contribution in [3.63, 3.8) is 0 Å². The van der Waals surface area contributed by atoms with Crippen LogP contribution in [0, 0.1) is 0 Å². The highest BCUT2D eigenvalue weighted by molar-refractivity contribution is 9.10. The van der Waals surface area contributed by atoms with E-state index in [2.05, 4.69) is 69.2 Å². The lowest BCUT2D eigenvalue weighted by molar-refractivity contribution is 0.102. The zero-order valence-electron chi connectivity index (χ0n) is 15.0. The number of anilines is 1. The molecule has 0 saturated carbocycles. The fourth-order valence-corrected chi connectivity index (χ4v) is 4.08. The Morgan fingerprint density at radius 1 is 0.962 bits per heavy atom. The summed E-state index contributed by atoms with van der Waals surface area (Å²) in [6, 6.07) is 14.6. The van der Waals surface area contributed by atoms with Gasteiger partial charge in [0.1, 0.15) is 0 Å². The Morgan fingerprint density at radius 3 is 2.42 bits per heavy atom. The summed E-state index contributed by atoms with van der Waals surface area (Å²) in [5, 5.41) is 0. The third-order valence-electron chi connectivity index (χ3n) is 5.37. The minimum Gasteiger partial charge on any atom is -0.369 e. The van der Waals surface area contributed by atoms with Gasteiger partial charge in [0.25, 0.3) is 0 Å². The molecule has 0 aromatic heterocycles. The van der Waals surface area contributed by atoms with Crippen LogP contribution in [-0.4, -0.2) is 43.9 Å². The molecule has 0 spiro atoms. The standard InChI is InChI=1S/C22H23BrN2O/c1-24-10-12-25(13-11-24)20-8-2-16(3-9-20)14-18-5-4-17-6-7-19(23)15-21(17)22(18)26/h2-3,6-9,14-15H,4-5,10-13H2,1H3/b18-14+. The van der Waals surface area contributed by atoms with Gasteiger partial charge in [-0.1, -0.05) is 34.1 Å². The molecule has 0 radical (unpaired) electrons. The zero-order chi connectivity index (χ0) is 18.1. The first-order valence-electron chi connectivity index (χ1n) is 9.17. The summed E-state index contributed by atoms with van der Waals surface area (Å²) in [5.74, 6) is 0.163. The van der Waals surface area contributed by atoms with Gasteiger partial charge in [0, 0.05) is 47.5 Å². The van der Waals surface area contributed by atoms with Gasteiger partial charge < -0.3 is 9.80 Å². The number of aryl methyl sites for hydroxylation is 1. The Bertz CT molecular complexity index is 849. The van der Waals surface area contributed by atoms with Crippen LogP contribution in [-0.2, 0) is 6.42 Å². The Morgan fingerprint density at radius 2 is 1.69 bits per heavy atom. The predicted octanol–water partition coefficient (Wildman–Crippen LogP) is 4.41. The van der Waals surface area contributed by atoms with Crippen LogP contribution < -0.4 is 4.90 Å². The number of ketones is 1. The number of nitrogens with zero attached hydrogens (tertiary/aromatic N) is 2. The highest BCUT2D eigenvalue weighted by Crippen LogP contribution is 2.29. The number of carbonyl (C=O) groups is 1. The molecule has 0 amide bonds. The van der Waals surface area contributed by atoms with Gasteiger partial charge >= 0.3 is 0 Å². The highest BCUT2D eigenvalue weighted by atomic mass is 79.9. The molecule has 0 atom stereocenters. The third-order valence-corrected chi connectivity index (χ3v) is 5.87. The van der Waals surface area contributed by atoms with E-state index in [-0.39, 0.29) is 5.78 Å². The number of carbonyl (C=O) groups excluding carboxylic acids is 1. The van der Waals surface area contributed by atoms with Crippen LogP contribution in [0.4, 0.5) is 5.69 Å². The summed E-state index contributed by atoms with van der Waals surface area (Å²) in [7, 11) is 2.17.